The lowest BCUT2D eigenvalue weighted by molar-refractivity contribution is -0.136. The minimum Gasteiger partial charge on any atom is -0.447 e. The molecular formula is C33H35ClF5N9O3. The maximum Gasteiger partial charge on any atom is 0.407 e. The molecule has 2 aliphatic carbocycles. The Bertz CT molecular complexity index is 1910. The quantitative estimate of drug-likeness (QED) is 0.219. The van der Waals surface area contributed by atoms with Crippen LogP contribution in [0, 0.1) is 11.3 Å². The Morgan fingerprint density at radius 1 is 1.22 bits per heavy atom. The van der Waals surface area contributed by atoms with E-state index in [-0.39, 0.29) is 35.1 Å². The highest BCUT2D eigenvalue weighted by Gasteiger charge is 2.55. The molecule has 0 radical (unpaired) electrons. The van der Waals surface area contributed by atoms with E-state index in [1.165, 1.54) is 35.5 Å². The molecule has 12 nitrogen and oxygen atoms in total. The molecule has 18 heteroatoms. The summed E-state index contributed by atoms with van der Waals surface area (Å²) in [5, 5.41) is 10.1. The minimum atomic E-state index is -2.99. The van der Waals surface area contributed by atoms with E-state index in [9.17, 15) is 31.5 Å². The van der Waals surface area contributed by atoms with Gasteiger partial charge in [-0.25, -0.2) is 37.3 Å². The van der Waals surface area contributed by atoms with Crippen LogP contribution in [0.1, 0.15) is 76.0 Å². The van der Waals surface area contributed by atoms with Gasteiger partial charge in [0.25, 0.3) is 12.3 Å². The van der Waals surface area contributed by atoms with Crippen LogP contribution < -0.4 is 11.1 Å². The largest absolute Gasteiger partial charge is 0.447 e. The first-order valence-electron chi connectivity index (χ1n) is 16.0. The van der Waals surface area contributed by atoms with Crippen molar-refractivity contribution < 1.29 is 36.3 Å². The lowest BCUT2D eigenvalue weighted by Crippen LogP contribution is -2.51. The predicted molar refractivity (Wildman–Crippen MR) is 176 cm³/mol. The van der Waals surface area contributed by atoms with E-state index < -0.39 is 72.5 Å². The second kappa shape index (κ2) is 13.7. The summed E-state index contributed by atoms with van der Waals surface area (Å²) in [6.45, 7) is 2.53. The van der Waals surface area contributed by atoms with E-state index in [2.05, 4.69) is 20.5 Å². The van der Waals surface area contributed by atoms with Crippen molar-refractivity contribution in [3.63, 3.8) is 0 Å². The number of nitrogens with two attached hydrogens (primary N) is 1. The number of halogens is 6. The molecule has 0 bridgehead atoms. The number of nitrogens with one attached hydrogen (secondary N) is 1. The van der Waals surface area contributed by atoms with Crippen molar-refractivity contribution in [2.75, 3.05) is 6.61 Å². The number of aromatic nitrogens is 5. The van der Waals surface area contributed by atoms with Gasteiger partial charge in [0.2, 0.25) is 0 Å². The first kappa shape index (κ1) is 36.0. The number of ether oxygens (including phenoxy) is 1. The van der Waals surface area contributed by atoms with E-state index in [4.69, 9.17) is 27.1 Å². The zero-order valence-electron chi connectivity index (χ0n) is 27.7. The summed E-state index contributed by atoms with van der Waals surface area (Å²) >= 11 is 6.43. The Kier molecular flexibility index (Phi) is 9.69. The zero-order valence-corrected chi connectivity index (χ0v) is 28.4. The van der Waals surface area contributed by atoms with Gasteiger partial charge in [0.15, 0.2) is 17.3 Å². The van der Waals surface area contributed by atoms with Crippen LogP contribution in [-0.2, 0) is 9.53 Å². The highest BCUT2D eigenvalue weighted by atomic mass is 35.5. The number of alkyl halides is 5. The molecule has 5 atom stereocenters. The van der Waals surface area contributed by atoms with Gasteiger partial charge in [-0.15, -0.1) is 0 Å². The second-order valence-electron chi connectivity index (χ2n) is 13.8. The van der Waals surface area contributed by atoms with Crippen molar-refractivity contribution in [1.29, 1.82) is 0 Å². The third kappa shape index (κ3) is 7.34. The molecule has 2 aromatic heterocycles. The van der Waals surface area contributed by atoms with E-state index in [1.807, 2.05) is 26.8 Å². The lowest BCUT2D eigenvalue weighted by atomic mass is 9.70. The smallest absolute Gasteiger partial charge is 0.407 e. The van der Waals surface area contributed by atoms with Gasteiger partial charge in [0.1, 0.15) is 19.1 Å². The summed E-state index contributed by atoms with van der Waals surface area (Å²) < 4.78 is 74.4. The van der Waals surface area contributed by atoms with Gasteiger partial charge in [-0.3, -0.25) is 9.69 Å². The Balaban J connectivity index is 1.36. The third-order valence-corrected chi connectivity index (χ3v) is 9.17. The second-order valence-corrected chi connectivity index (χ2v) is 14.2. The zero-order chi connectivity index (χ0) is 36.8. The van der Waals surface area contributed by atoms with E-state index in [0.717, 1.165) is 11.0 Å². The minimum absolute atomic E-state index is 0.0147. The number of aliphatic imine (C=N–C) groups is 1. The molecular weight excluding hydrogens is 701 g/mol. The molecule has 272 valence electrons. The van der Waals surface area contributed by atoms with Crippen LogP contribution in [0.15, 0.2) is 60.1 Å². The number of carbonyl (C=O) groups is 2. The molecule has 1 aliphatic heterocycles. The van der Waals surface area contributed by atoms with Gasteiger partial charge in [-0.05, 0) is 41.5 Å². The molecule has 3 aromatic rings. The normalized spacial score (nSPS) is 23.9. The maximum absolute atomic E-state index is 14.9. The molecule has 51 heavy (non-hydrogen) atoms. The summed E-state index contributed by atoms with van der Waals surface area (Å²) in [5.74, 6) is -1.91. The van der Waals surface area contributed by atoms with Crippen molar-refractivity contribution >= 4 is 35.1 Å². The Morgan fingerprint density at radius 2 is 1.96 bits per heavy atom. The monoisotopic (exact) mass is 735 g/mol. The Hall–Kier alpha value is -4.80. The summed E-state index contributed by atoms with van der Waals surface area (Å²) in [7, 11) is 0. The van der Waals surface area contributed by atoms with Crippen LogP contribution >= 0.6 is 11.6 Å². The summed E-state index contributed by atoms with van der Waals surface area (Å²) in [6, 6.07) is 2.50. The average molecular weight is 736 g/mol. The Labute approximate surface area is 294 Å². The fourth-order valence-electron chi connectivity index (χ4n) is 6.46. The standard InChI is InChI=1S/C33H35ClF5N9O3/c1-32(2,3)15-33(20-7-4-17(5-8-20)19-12-42-46(13-19)29(38)39)28(49)47(30(40)45-33)25(14-51-31(50)44-23-11-22(23)35)18-6-9-21(34)24(10-18)48-27(26(36)37)41-16-43-48/h4-7,9-10,12-13,16,20,22-23,25-26,29H,8,11,14-15H2,1-3H3,(H2,40,45)(H,44,50)/t20?,22-,23-,25+,33+/m0/s1. The van der Waals surface area contributed by atoms with Gasteiger partial charge >= 0.3 is 12.6 Å². The van der Waals surface area contributed by atoms with E-state index in [1.54, 1.807) is 12.2 Å². The average Bonchev–Trinajstić information content (AvgIpc) is 3.45. The van der Waals surface area contributed by atoms with Crippen molar-refractivity contribution in [3.05, 3.63) is 77.1 Å². The molecule has 1 saturated carbocycles. The summed E-state index contributed by atoms with van der Waals surface area (Å²) in [6.07, 6.45) is 4.38. The van der Waals surface area contributed by atoms with Crippen LogP contribution in [0.2, 0.25) is 5.02 Å². The summed E-state index contributed by atoms with van der Waals surface area (Å²) in [5.41, 5.74) is 6.07. The van der Waals surface area contributed by atoms with Crippen molar-refractivity contribution in [1.82, 2.24) is 34.8 Å². The number of carbonyl (C=O) groups excluding carboxylic acids is 2. The SMILES string of the molecule is CC(C)(C)C[C@]1(C2C=CC(c3cnn(C(F)F)c3)=CC2)N=C(N)N([C@H](COC(=O)N[C@H]2C[C@@H]2F)c2ccc(Cl)c(-n3ncnc3C(F)F)c2)C1=O. The number of nitrogens with zero attached hydrogens (tertiary/aromatic N) is 7. The molecule has 1 unspecified atom stereocenters. The number of rotatable bonds is 11. The first-order chi connectivity index (χ1) is 24.1. The van der Waals surface area contributed by atoms with Gasteiger partial charge in [-0.2, -0.15) is 19.0 Å². The number of amides is 2. The Morgan fingerprint density at radius 3 is 2.57 bits per heavy atom. The van der Waals surface area contributed by atoms with E-state index in [0.29, 0.717) is 22.2 Å². The van der Waals surface area contributed by atoms with Crippen molar-refractivity contribution in [2.24, 2.45) is 22.1 Å². The van der Waals surface area contributed by atoms with Crippen LogP contribution in [0.5, 0.6) is 0 Å². The van der Waals surface area contributed by atoms with Gasteiger partial charge in [0, 0.05) is 24.1 Å². The number of alkyl carbamates (subject to hydrolysis) is 1. The highest BCUT2D eigenvalue weighted by molar-refractivity contribution is 6.32. The number of allylic oxidation sites excluding steroid dienone is 3. The molecule has 3 aliphatic rings. The number of hydrogen-bond donors (Lipinski definition) is 2. The number of hydrogen-bond acceptors (Lipinski definition) is 8. The molecule has 2 amide bonds. The van der Waals surface area contributed by atoms with Crippen LogP contribution in [-0.4, -0.2) is 71.8 Å². The van der Waals surface area contributed by atoms with Crippen LogP contribution in [0.4, 0.5) is 26.7 Å². The third-order valence-electron chi connectivity index (χ3n) is 8.85. The van der Waals surface area contributed by atoms with Gasteiger partial charge in [-0.1, -0.05) is 56.7 Å². The van der Waals surface area contributed by atoms with Crippen molar-refractivity contribution in [2.45, 2.75) is 76.8 Å². The topological polar surface area (TPSA) is 146 Å². The molecule has 1 fully saturated rings. The molecule has 3 N–H and O–H groups in total. The van der Waals surface area contributed by atoms with Gasteiger partial charge < -0.3 is 15.8 Å². The van der Waals surface area contributed by atoms with Crippen LogP contribution in [0.25, 0.3) is 11.3 Å². The van der Waals surface area contributed by atoms with E-state index >= 15 is 0 Å². The lowest BCUT2D eigenvalue weighted by Gasteiger charge is -2.38. The molecule has 0 spiro atoms. The molecule has 1 aromatic carbocycles. The maximum atomic E-state index is 14.9. The highest BCUT2D eigenvalue weighted by Crippen LogP contribution is 2.46. The molecule has 3 heterocycles. The predicted octanol–water partition coefficient (Wildman–Crippen LogP) is 6.32. The molecule has 6 rings (SSSR count). The molecule has 0 saturated heterocycles. The fourth-order valence-corrected chi connectivity index (χ4v) is 6.66. The number of benzene rings is 1. The van der Waals surface area contributed by atoms with Gasteiger partial charge in [0.05, 0.1) is 29.0 Å². The number of guanidine groups is 1. The summed E-state index contributed by atoms with van der Waals surface area (Å²) in [4.78, 5) is 37.2. The fraction of sp³-hybridized carbons (Fsp3) is 0.455. The first-order valence-corrected chi connectivity index (χ1v) is 16.4. The van der Waals surface area contributed by atoms with Crippen molar-refractivity contribution in [3.8, 4) is 5.69 Å². The van der Waals surface area contributed by atoms with Crippen LogP contribution in [0.3, 0.4) is 0 Å².